The van der Waals surface area contributed by atoms with E-state index in [1.807, 2.05) is 12.1 Å². The van der Waals surface area contributed by atoms with Gasteiger partial charge in [0.05, 0.1) is 31.5 Å². The fourth-order valence-electron chi connectivity index (χ4n) is 4.36. The molecular formula is C28H18N4S2. The standard InChI is InChI=1S/C28H18N4S2/c1-15-3-7-23-25(11-15)33-27(29-23)17-5-9-21-19(13-17)20-14-18(6-10-22(20)32-31-21)28-30-24-8-4-16(2)12-26(24)34-28/h3-14H,1-2H3. The summed E-state index contributed by atoms with van der Waals surface area (Å²) in [5, 5.41) is 13.1. The minimum Gasteiger partial charge on any atom is -0.236 e. The highest BCUT2D eigenvalue weighted by Gasteiger charge is 2.12. The molecule has 34 heavy (non-hydrogen) atoms. The lowest BCUT2D eigenvalue weighted by molar-refractivity contribution is 1.12. The van der Waals surface area contributed by atoms with Gasteiger partial charge in [0, 0.05) is 21.9 Å². The summed E-state index contributed by atoms with van der Waals surface area (Å²) in [6.45, 7) is 4.23. The molecule has 0 atom stereocenters. The Labute approximate surface area is 203 Å². The van der Waals surface area contributed by atoms with Crippen molar-refractivity contribution in [2.45, 2.75) is 13.8 Å². The van der Waals surface area contributed by atoms with E-state index in [4.69, 9.17) is 9.97 Å². The average Bonchev–Trinajstić information content (AvgIpc) is 3.47. The summed E-state index contributed by atoms with van der Waals surface area (Å²) >= 11 is 3.45. The Bertz CT molecular complexity index is 1760. The van der Waals surface area contributed by atoms with Crippen molar-refractivity contribution in [2.75, 3.05) is 0 Å². The maximum atomic E-state index is 4.88. The van der Waals surface area contributed by atoms with Gasteiger partial charge in [-0.1, -0.05) is 12.1 Å². The monoisotopic (exact) mass is 474 g/mol. The highest BCUT2D eigenvalue weighted by molar-refractivity contribution is 7.22. The molecule has 0 saturated heterocycles. The van der Waals surface area contributed by atoms with Crippen molar-refractivity contribution in [1.82, 2.24) is 20.2 Å². The molecule has 4 nitrogen and oxygen atoms in total. The highest BCUT2D eigenvalue weighted by atomic mass is 32.1. The van der Waals surface area contributed by atoms with Crippen LogP contribution in [-0.2, 0) is 0 Å². The molecule has 3 aromatic heterocycles. The van der Waals surface area contributed by atoms with E-state index in [1.54, 1.807) is 22.7 Å². The Balaban J connectivity index is 1.41. The van der Waals surface area contributed by atoms with Crippen molar-refractivity contribution in [1.29, 1.82) is 0 Å². The number of rotatable bonds is 2. The maximum absolute atomic E-state index is 4.88. The fraction of sp³-hybridized carbons (Fsp3) is 0.0714. The van der Waals surface area contributed by atoms with Crippen LogP contribution in [0.4, 0.5) is 0 Å². The fourth-order valence-corrected chi connectivity index (χ4v) is 6.48. The Kier molecular flexibility index (Phi) is 4.28. The third-order valence-corrected chi connectivity index (χ3v) is 8.27. The number of hydrogen-bond donors (Lipinski definition) is 0. The molecule has 0 spiro atoms. The molecule has 4 aromatic carbocycles. The van der Waals surface area contributed by atoms with Crippen molar-refractivity contribution in [3.05, 3.63) is 83.9 Å². The van der Waals surface area contributed by atoms with Gasteiger partial charge in [0.2, 0.25) is 0 Å². The van der Waals surface area contributed by atoms with E-state index in [0.717, 1.165) is 54.0 Å². The summed E-state index contributed by atoms with van der Waals surface area (Å²) in [6.07, 6.45) is 0. The van der Waals surface area contributed by atoms with Gasteiger partial charge in [-0.15, -0.1) is 32.9 Å². The Morgan fingerprint density at radius 2 is 0.941 bits per heavy atom. The van der Waals surface area contributed by atoms with E-state index in [9.17, 15) is 0 Å². The van der Waals surface area contributed by atoms with Gasteiger partial charge in [-0.25, -0.2) is 9.97 Å². The Morgan fingerprint density at radius 3 is 1.41 bits per heavy atom. The number of nitrogens with zero attached hydrogens (tertiary/aromatic N) is 4. The lowest BCUT2D eigenvalue weighted by Crippen LogP contribution is -1.89. The van der Waals surface area contributed by atoms with Gasteiger partial charge in [0.1, 0.15) is 10.0 Å². The number of aromatic nitrogens is 4. The first-order chi connectivity index (χ1) is 16.6. The Morgan fingerprint density at radius 1 is 0.500 bits per heavy atom. The van der Waals surface area contributed by atoms with Crippen molar-refractivity contribution < 1.29 is 0 Å². The number of aryl methyl sites for hydroxylation is 2. The van der Waals surface area contributed by atoms with E-state index in [-0.39, 0.29) is 0 Å². The lowest BCUT2D eigenvalue weighted by atomic mass is 10.0. The zero-order valence-corrected chi connectivity index (χ0v) is 20.2. The summed E-state index contributed by atoms with van der Waals surface area (Å²) in [5.41, 5.74) is 8.53. The molecule has 0 aliphatic heterocycles. The number of benzene rings is 4. The van der Waals surface area contributed by atoms with Crippen LogP contribution in [0.3, 0.4) is 0 Å². The zero-order valence-electron chi connectivity index (χ0n) is 18.5. The van der Waals surface area contributed by atoms with Crippen LogP contribution in [0, 0.1) is 13.8 Å². The molecule has 0 unspecified atom stereocenters. The zero-order chi connectivity index (χ0) is 22.8. The second-order valence-electron chi connectivity index (χ2n) is 8.64. The molecule has 0 aliphatic carbocycles. The Hall–Kier alpha value is -3.74. The van der Waals surface area contributed by atoms with Gasteiger partial charge in [-0.2, -0.15) is 0 Å². The second-order valence-corrected chi connectivity index (χ2v) is 10.7. The number of fused-ring (bicyclic) bond motifs is 5. The van der Waals surface area contributed by atoms with Gasteiger partial charge < -0.3 is 0 Å². The molecular weight excluding hydrogens is 456 g/mol. The van der Waals surface area contributed by atoms with E-state index >= 15 is 0 Å². The minimum absolute atomic E-state index is 0.880. The topological polar surface area (TPSA) is 51.6 Å². The number of thiazole rings is 2. The minimum atomic E-state index is 0.880. The molecule has 7 rings (SSSR count). The first-order valence-corrected chi connectivity index (χ1v) is 12.7. The third kappa shape index (κ3) is 3.18. The summed E-state index contributed by atoms with van der Waals surface area (Å²) < 4.78 is 2.42. The summed E-state index contributed by atoms with van der Waals surface area (Å²) in [7, 11) is 0. The van der Waals surface area contributed by atoms with Crippen LogP contribution in [0.25, 0.3) is 63.4 Å². The second kappa shape index (κ2) is 7.38. The molecule has 0 aliphatic rings. The van der Waals surface area contributed by atoms with Crippen LogP contribution in [0.1, 0.15) is 11.1 Å². The van der Waals surface area contributed by atoms with Gasteiger partial charge in [-0.05, 0) is 85.6 Å². The van der Waals surface area contributed by atoms with Crippen molar-refractivity contribution >= 4 is 64.9 Å². The summed E-state index contributed by atoms with van der Waals surface area (Å²) in [5.74, 6) is 0. The first-order valence-electron chi connectivity index (χ1n) is 11.1. The van der Waals surface area contributed by atoms with Crippen LogP contribution in [0.15, 0.2) is 72.8 Å². The first kappa shape index (κ1) is 19.7. The highest BCUT2D eigenvalue weighted by Crippen LogP contribution is 2.36. The van der Waals surface area contributed by atoms with E-state index < -0.39 is 0 Å². The van der Waals surface area contributed by atoms with Crippen LogP contribution >= 0.6 is 22.7 Å². The van der Waals surface area contributed by atoms with Gasteiger partial charge in [0.25, 0.3) is 0 Å². The van der Waals surface area contributed by atoms with Crippen molar-refractivity contribution in [2.24, 2.45) is 0 Å². The molecule has 3 heterocycles. The van der Waals surface area contributed by atoms with Crippen LogP contribution in [0.5, 0.6) is 0 Å². The van der Waals surface area contributed by atoms with Crippen molar-refractivity contribution in [3.63, 3.8) is 0 Å². The molecule has 0 amide bonds. The molecule has 162 valence electrons. The van der Waals surface area contributed by atoms with Crippen LogP contribution in [-0.4, -0.2) is 20.2 Å². The number of hydrogen-bond acceptors (Lipinski definition) is 6. The molecule has 0 bridgehead atoms. The van der Waals surface area contributed by atoms with Crippen LogP contribution in [0.2, 0.25) is 0 Å². The maximum Gasteiger partial charge on any atom is 0.124 e. The quantitative estimate of drug-likeness (QED) is 0.239. The molecule has 0 fully saturated rings. The van der Waals surface area contributed by atoms with Gasteiger partial charge >= 0.3 is 0 Å². The van der Waals surface area contributed by atoms with E-state index in [1.165, 1.54) is 20.5 Å². The SMILES string of the molecule is Cc1ccc2nc(-c3ccc4nnc5ccc(-c6nc7ccc(C)cc7s6)cc5c4c3)sc2c1. The smallest absolute Gasteiger partial charge is 0.124 e. The van der Waals surface area contributed by atoms with Crippen LogP contribution < -0.4 is 0 Å². The largest absolute Gasteiger partial charge is 0.236 e. The van der Waals surface area contributed by atoms with Gasteiger partial charge in [0.15, 0.2) is 0 Å². The molecule has 7 aromatic rings. The molecule has 0 saturated carbocycles. The average molecular weight is 475 g/mol. The van der Waals surface area contributed by atoms with E-state index in [2.05, 4.69) is 84.7 Å². The normalized spacial score (nSPS) is 11.8. The predicted molar refractivity (Wildman–Crippen MR) is 144 cm³/mol. The van der Waals surface area contributed by atoms with E-state index in [0.29, 0.717) is 0 Å². The summed E-state index contributed by atoms with van der Waals surface area (Å²) in [4.78, 5) is 9.76. The predicted octanol–water partition coefficient (Wildman–Crippen LogP) is 7.95. The van der Waals surface area contributed by atoms with Gasteiger partial charge in [-0.3, -0.25) is 0 Å². The molecule has 6 heteroatoms. The summed E-state index contributed by atoms with van der Waals surface area (Å²) in [6, 6.07) is 25.5. The lowest BCUT2D eigenvalue weighted by Gasteiger charge is -2.06. The molecule has 0 N–H and O–H groups in total. The molecule has 0 radical (unpaired) electrons. The van der Waals surface area contributed by atoms with Crippen molar-refractivity contribution in [3.8, 4) is 21.1 Å². The third-order valence-electron chi connectivity index (χ3n) is 6.13.